The van der Waals surface area contributed by atoms with Gasteiger partial charge in [-0.2, -0.15) is 0 Å². The minimum Gasteiger partial charge on any atom is -0.369 e. The van der Waals surface area contributed by atoms with E-state index in [2.05, 4.69) is 9.88 Å². The van der Waals surface area contributed by atoms with Gasteiger partial charge < -0.3 is 4.90 Å². The van der Waals surface area contributed by atoms with Gasteiger partial charge in [0.25, 0.3) is 0 Å². The number of anilines is 1. The van der Waals surface area contributed by atoms with Crippen molar-refractivity contribution in [1.29, 1.82) is 0 Å². The predicted octanol–water partition coefficient (Wildman–Crippen LogP) is 2.73. The zero-order valence-electron chi connectivity index (χ0n) is 7.54. The van der Waals surface area contributed by atoms with Gasteiger partial charge in [0.05, 0.1) is 16.9 Å². The van der Waals surface area contributed by atoms with Crippen molar-refractivity contribution in [2.75, 3.05) is 18.0 Å². The summed E-state index contributed by atoms with van der Waals surface area (Å²) in [6.45, 7) is 2.23. The second kappa shape index (κ2) is 3.97. The van der Waals surface area contributed by atoms with Gasteiger partial charge in [-0.3, -0.25) is 4.98 Å². The number of pyridine rings is 1. The molecule has 2 nitrogen and oxygen atoms in total. The van der Waals surface area contributed by atoms with Crippen LogP contribution in [-0.2, 0) is 0 Å². The molecule has 13 heavy (non-hydrogen) atoms. The average molecular weight is 197 g/mol. The second-order valence-corrected chi connectivity index (χ2v) is 3.78. The third-order valence-corrected chi connectivity index (χ3v) is 2.76. The molecule has 1 fully saturated rings. The largest absolute Gasteiger partial charge is 0.369 e. The molecule has 1 aromatic rings. The maximum atomic E-state index is 6.08. The molecular weight excluding hydrogens is 184 g/mol. The number of rotatable bonds is 1. The smallest absolute Gasteiger partial charge is 0.0742 e. The molecule has 0 spiro atoms. The van der Waals surface area contributed by atoms with E-state index in [-0.39, 0.29) is 0 Å². The predicted molar refractivity (Wildman–Crippen MR) is 55.3 cm³/mol. The van der Waals surface area contributed by atoms with Gasteiger partial charge in [-0.1, -0.05) is 11.6 Å². The zero-order valence-corrected chi connectivity index (χ0v) is 8.30. The van der Waals surface area contributed by atoms with Crippen LogP contribution >= 0.6 is 11.6 Å². The van der Waals surface area contributed by atoms with Crippen LogP contribution in [0.1, 0.15) is 19.3 Å². The molecule has 1 saturated heterocycles. The number of hydrogen-bond acceptors (Lipinski definition) is 2. The minimum absolute atomic E-state index is 0.817. The van der Waals surface area contributed by atoms with E-state index in [9.17, 15) is 0 Å². The van der Waals surface area contributed by atoms with E-state index in [1.54, 1.807) is 6.20 Å². The lowest BCUT2D eigenvalue weighted by atomic mass is 10.1. The van der Waals surface area contributed by atoms with Gasteiger partial charge in [-0.05, 0) is 25.3 Å². The van der Waals surface area contributed by atoms with Crippen LogP contribution in [0.2, 0.25) is 5.02 Å². The fourth-order valence-electron chi connectivity index (χ4n) is 1.74. The van der Waals surface area contributed by atoms with Crippen molar-refractivity contribution in [2.24, 2.45) is 0 Å². The molecule has 0 aromatic carbocycles. The van der Waals surface area contributed by atoms with Crippen molar-refractivity contribution < 1.29 is 0 Å². The lowest BCUT2D eigenvalue weighted by molar-refractivity contribution is 0.577. The van der Waals surface area contributed by atoms with Crippen molar-refractivity contribution in [1.82, 2.24) is 4.98 Å². The van der Waals surface area contributed by atoms with E-state index < -0.39 is 0 Å². The number of aromatic nitrogens is 1. The van der Waals surface area contributed by atoms with E-state index >= 15 is 0 Å². The van der Waals surface area contributed by atoms with Gasteiger partial charge in [0.2, 0.25) is 0 Å². The number of hydrogen-bond donors (Lipinski definition) is 0. The van der Waals surface area contributed by atoms with Crippen LogP contribution in [0.5, 0.6) is 0 Å². The molecule has 0 atom stereocenters. The lowest BCUT2D eigenvalue weighted by Crippen LogP contribution is -2.29. The van der Waals surface area contributed by atoms with Gasteiger partial charge in [-0.15, -0.1) is 0 Å². The van der Waals surface area contributed by atoms with Gasteiger partial charge in [0.1, 0.15) is 0 Å². The number of halogens is 1. The van der Waals surface area contributed by atoms with E-state index in [1.807, 2.05) is 12.3 Å². The Morgan fingerprint density at radius 1 is 1.23 bits per heavy atom. The first-order valence-electron chi connectivity index (χ1n) is 4.72. The zero-order chi connectivity index (χ0) is 9.10. The Morgan fingerprint density at radius 3 is 2.69 bits per heavy atom. The molecule has 2 heterocycles. The summed E-state index contributed by atoms with van der Waals surface area (Å²) < 4.78 is 0. The van der Waals surface area contributed by atoms with Crippen LogP contribution in [0.4, 0.5) is 5.69 Å². The Morgan fingerprint density at radius 2 is 2.00 bits per heavy atom. The summed E-state index contributed by atoms with van der Waals surface area (Å²) in [7, 11) is 0. The Hall–Kier alpha value is -0.760. The lowest BCUT2D eigenvalue weighted by Gasteiger charge is -2.28. The van der Waals surface area contributed by atoms with Gasteiger partial charge in [0.15, 0.2) is 0 Å². The Bertz CT molecular complexity index is 282. The highest BCUT2D eigenvalue weighted by Crippen LogP contribution is 2.26. The van der Waals surface area contributed by atoms with Crippen LogP contribution < -0.4 is 4.90 Å². The average Bonchev–Trinajstić information content (AvgIpc) is 2.20. The summed E-state index contributed by atoms with van der Waals surface area (Å²) in [6, 6.07) is 1.85. The molecule has 1 aliphatic heterocycles. The summed E-state index contributed by atoms with van der Waals surface area (Å²) in [6.07, 6.45) is 7.47. The Labute approximate surface area is 83.5 Å². The highest BCUT2D eigenvalue weighted by molar-refractivity contribution is 6.33. The topological polar surface area (TPSA) is 16.1 Å². The number of piperidine rings is 1. The fraction of sp³-hybridized carbons (Fsp3) is 0.500. The fourth-order valence-corrected chi connectivity index (χ4v) is 1.96. The maximum absolute atomic E-state index is 6.08. The highest BCUT2D eigenvalue weighted by Gasteiger charge is 2.13. The van der Waals surface area contributed by atoms with E-state index in [1.165, 1.54) is 19.3 Å². The molecule has 0 saturated carbocycles. The van der Waals surface area contributed by atoms with Crippen LogP contribution in [0.3, 0.4) is 0 Å². The first-order valence-corrected chi connectivity index (χ1v) is 5.10. The van der Waals surface area contributed by atoms with Gasteiger partial charge >= 0.3 is 0 Å². The normalized spacial score (nSPS) is 17.5. The maximum Gasteiger partial charge on any atom is 0.0742 e. The molecule has 0 amide bonds. The SMILES string of the molecule is Clc1ccncc1N1CCCCC1. The molecule has 0 N–H and O–H groups in total. The summed E-state index contributed by atoms with van der Waals surface area (Å²) >= 11 is 6.08. The summed E-state index contributed by atoms with van der Waals surface area (Å²) in [5.41, 5.74) is 1.09. The molecule has 2 rings (SSSR count). The van der Waals surface area contributed by atoms with E-state index in [0.29, 0.717) is 0 Å². The highest BCUT2D eigenvalue weighted by atomic mass is 35.5. The minimum atomic E-state index is 0.817. The number of nitrogens with zero attached hydrogens (tertiary/aromatic N) is 2. The van der Waals surface area contributed by atoms with Gasteiger partial charge in [-0.25, -0.2) is 0 Å². The Balaban J connectivity index is 2.18. The van der Waals surface area contributed by atoms with Crippen LogP contribution in [0.25, 0.3) is 0 Å². The third-order valence-electron chi connectivity index (χ3n) is 2.45. The molecule has 0 aliphatic carbocycles. The Kier molecular flexibility index (Phi) is 2.69. The summed E-state index contributed by atoms with van der Waals surface area (Å²) in [5.74, 6) is 0. The van der Waals surface area contributed by atoms with Crippen molar-refractivity contribution in [3.05, 3.63) is 23.5 Å². The van der Waals surface area contributed by atoms with Crippen molar-refractivity contribution in [3.63, 3.8) is 0 Å². The van der Waals surface area contributed by atoms with Gasteiger partial charge in [0, 0.05) is 19.3 Å². The van der Waals surface area contributed by atoms with Crippen LogP contribution in [0.15, 0.2) is 18.5 Å². The first kappa shape index (κ1) is 8.82. The molecule has 0 unspecified atom stereocenters. The monoisotopic (exact) mass is 196 g/mol. The standard InChI is InChI=1S/C10H13ClN2/c11-9-4-5-12-8-10(9)13-6-2-1-3-7-13/h4-5,8H,1-3,6-7H2. The van der Waals surface area contributed by atoms with E-state index in [0.717, 1.165) is 23.8 Å². The quantitative estimate of drug-likeness (QED) is 0.687. The summed E-state index contributed by atoms with van der Waals surface area (Å²) in [5, 5.41) is 0.817. The third kappa shape index (κ3) is 1.94. The van der Waals surface area contributed by atoms with Crippen LogP contribution in [-0.4, -0.2) is 18.1 Å². The van der Waals surface area contributed by atoms with Crippen LogP contribution in [0, 0.1) is 0 Å². The molecule has 0 bridgehead atoms. The van der Waals surface area contributed by atoms with Crippen molar-refractivity contribution >= 4 is 17.3 Å². The molecule has 1 aromatic heterocycles. The van der Waals surface area contributed by atoms with Crippen molar-refractivity contribution in [3.8, 4) is 0 Å². The molecule has 1 aliphatic rings. The molecule has 70 valence electrons. The summed E-state index contributed by atoms with van der Waals surface area (Å²) in [4.78, 5) is 6.41. The molecule has 3 heteroatoms. The second-order valence-electron chi connectivity index (χ2n) is 3.37. The molecular formula is C10H13ClN2. The van der Waals surface area contributed by atoms with Crippen molar-refractivity contribution in [2.45, 2.75) is 19.3 Å². The first-order chi connectivity index (χ1) is 6.38. The van der Waals surface area contributed by atoms with E-state index in [4.69, 9.17) is 11.6 Å². The molecule has 0 radical (unpaired) electrons.